The molecule has 0 saturated carbocycles. The Morgan fingerprint density at radius 3 is 2.52 bits per heavy atom. The minimum atomic E-state index is -0.377. The minimum absolute atomic E-state index is 0.321. The van der Waals surface area contributed by atoms with Crippen molar-refractivity contribution in [3.05, 3.63) is 53.0 Å². The zero-order valence-corrected chi connectivity index (χ0v) is 16.7. The number of carbonyl (C=O) groups is 1. The molecule has 0 fully saturated rings. The van der Waals surface area contributed by atoms with Gasteiger partial charge in [0.1, 0.15) is 10.6 Å². The first-order valence-corrected chi connectivity index (χ1v) is 9.56. The average Bonchev–Trinajstić information content (AvgIpc) is 3.15. The number of hydrogen-bond donors (Lipinski definition) is 1. The summed E-state index contributed by atoms with van der Waals surface area (Å²) in [6.45, 7) is 8.01. The molecule has 3 aromatic heterocycles. The number of thiophene rings is 1. The molecular formula is C20H21FN4OS. The molecule has 140 valence electrons. The Kier molecular flexibility index (Phi) is 5.23. The van der Waals surface area contributed by atoms with Crippen molar-refractivity contribution in [1.29, 1.82) is 0 Å². The van der Waals surface area contributed by atoms with Crippen LogP contribution in [-0.4, -0.2) is 20.7 Å². The van der Waals surface area contributed by atoms with Crippen molar-refractivity contribution in [3.63, 3.8) is 0 Å². The summed E-state index contributed by atoms with van der Waals surface area (Å²) in [5.41, 5.74) is 3.43. The van der Waals surface area contributed by atoms with Gasteiger partial charge in [0, 0.05) is 23.7 Å². The Morgan fingerprint density at radius 2 is 1.85 bits per heavy atom. The van der Waals surface area contributed by atoms with Gasteiger partial charge in [-0.05, 0) is 49.7 Å². The van der Waals surface area contributed by atoms with Crippen LogP contribution in [0.1, 0.15) is 35.5 Å². The summed E-state index contributed by atoms with van der Waals surface area (Å²) in [5, 5.41) is 8.32. The summed E-state index contributed by atoms with van der Waals surface area (Å²) in [4.78, 5) is 17.9. The summed E-state index contributed by atoms with van der Waals surface area (Å²) in [7, 11) is 1.85. The van der Waals surface area contributed by atoms with Crippen LogP contribution < -0.4 is 5.32 Å². The largest absolute Gasteiger partial charge is 0.304 e. The first-order chi connectivity index (χ1) is 12.9. The van der Waals surface area contributed by atoms with E-state index in [1.54, 1.807) is 4.68 Å². The number of benzene rings is 1. The van der Waals surface area contributed by atoms with E-state index in [1.807, 2.05) is 40.8 Å². The van der Waals surface area contributed by atoms with E-state index >= 15 is 0 Å². The summed E-state index contributed by atoms with van der Waals surface area (Å²) >= 11 is 1.51. The number of halogens is 1. The summed E-state index contributed by atoms with van der Waals surface area (Å²) < 4.78 is 15.7. The van der Waals surface area contributed by atoms with E-state index in [0.717, 1.165) is 31.7 Å². The van der Waals surface area contributed by atoms with Gasteiger partial charge in [0.05, 0.1) is 10.2 Å². The van der Waals surface area contributed by atoms with Gasteiger partial charge in [-0.25, -0.2) is 9.37 Å². The number of nitrogens with zero attached hydrogens (tertiary/aromatic N) is 3. The monoisotopic (exact) mass is 384 g/mol. The number of hydrogen-bond acceptors (Lipinski definition) is 4. The second-order valence-corrected chi connectivity index (χ2v) is 6.97. The molecule has 0 unspecified atom stereocenters. The average molecular weight is 384 g/mol. The van der Waals surface area contributed by atoms with Gasteiger partial charge in [0.25, 0.3) is 5.91 Å². The minimum Gasteiger partial charge on any atom is -0.304 e. The number of aromatic nitrogens is 3. The highest BCUT2D eigenvalue weighted by atomic mass is 32.1. The summed E-state index contributed by atoms with van der Waals surface area (Å²) in [6, 6.07) is 7.46. The molecule has 27 heavy (non-hydrogen) atoms. The number of carbonyl (C=O) groups excluding carboxylic acids is 1. The van der Waals surface area contributed by atoms with Crippen LogP contribution in [0.25, 0.3) is 20.4 Å². The molecule has 0 aliphatic heterocycles. The lowest BCUT2D eigenvalue weighted by Crippen LogP contribution is -2.12. The van der Waals surface area contributed by atoms with E-state index in [2.05, 4.69) is 15.4 Å². The normalized spacial score (nSPS) is 10.7. The van der Waals surface area contributed by atoms with Gasteiger partial charge in [-0.3, -0.25) is 9.48 Å². The molecule has 4 rings (SSSR count). The van der Waals surface area contributed by atoms with E-state index in [0.29, 0.717) is 11.4 Å². The molecule has 0 atom stereocenters. The third-order valence-corrected chi connectivity index (χ3v) is 5.17. The van der Waals surface area contributed by atoms with E-state index in [-0.39, 0.29) is 11.7 Å². The Labute approximate surface area is 160 Å². The highest BCUT2D eigenvalue weighted by molar-refractivity contribution is 7.26. The molecule has 0 bridgehead atoms. The standard InChI is InChI=1S/C18H15FN4OS.C2H6/c1-9-8-10(2)20-18-13(9)14-15(25-18)16(22-23(14)3)21-17(24)11-4-6-12(19)7-5-11;1-2/h4-8H,1-3H3,(H,21,22,24);1-2H3. The molecule has 1 N–H and O–H groups in total. The second-order valence-electron chi connectivity index (χ2n) is 5.97. The van der Waals surface area contributed by atoms with Crippen LogP contribution >= 0.6 is 11.3 Å². The van der Waals surface area contributed by atoms with Gasteiger partial charge < -0.3 is 5.32 Å². The fourth-order valence-electron chi connectivity index (χ4n) is 3.00. The van der Waals surface area contributed by atoms with Gasteiger partial charge >= 0.3 is 0 Å². The molecule has 1 aromatic carbocycles. The first kappa shape index (κ1) is 19.0. The molecule has 1 amide bonds. The lowest BCUT2D eigenvalue weighted by Gasteiger charge is -2.02. The predicted octanol–water partition coefficient (Wildman–Crippen LogP) is 5.22. The van der Waals surface area contributed by atoms with E-state index in [4.69, 9.17) is 0 Å². The molecule has 0 aliphatic rings. The number of rotatable bonds is 2. The fourth-order valence-corrected chi connectivity index (χ4v) is 4.26. The van der Waals surface area contributed by atoms with Crippen molar-refractivity contribution in [2.24, 2.45) is 7.05 Å². The third kappa shape index (κ3) is 3.42. The van der Waals surface area contributed by atoms with Crippen molar-refractivity contribution in [1.82, 2.24) is 14.8 Å². The number of aryl methyl sites for hydroxylation is 3. The molecule has 0 spiro atoms. The lowest BCUT2D eigenvalue weighted by atomic mass is 10.1. The summed E-state index contributed by atoms with van der Waals surface area (Å²) in [5.74, 6) is -0.205. The number of fused-ring (bicyclic) bond motifs is 3. The van der Waals surface area contributed by atoms with Crippen molar-refractivity contribution in [3.8, 4) is 0 Å². The maximum Gasteiger partial charge on any atom is 0.256 e. The van der Waals surface area contributed by atoms with Gasteiger partial charge in [0.2, 0.25) is 0 Å². The highest BCUT2D eigenvalue weighted by Gasteiger charge is 2.19. The third-order valence-electron chi connectivity index (χ3n) is 4.09. The van der Waals surface area contributed by atoms with Crippen molar-refractivity contribution >= 4 is 43.5 Å². The van der Waals surface area contributed by atoms with Crippen molar-refractivity contribution < 1.29 is 9.18 Å². The maximum atomic E-state index is 13.0. The van der Waals surface area contributed by atoms with Crippen LogP contribution in [0.2, 0.25) is 0 Å². The zero-order valence-electron chi connectivity index (χ0n) is 15.9. The molecule has 0 saturated heterocycles. The number of amides is 1. The number of anilines is 1. The maximum absolute atomic E-state index is 13.0. The van der Waals surface area contributed by atoms with E-state index in [1.165, 1.54) is 35.6 Å². The summed E-state index contributed by atoms with van der Waals surface area (Å²) in [6.07, 6.45) is 0. The number of pyridine rings is 1. The fraction of sp³-hybridized carbons (Fsp3) is 0.250. The highest BCUT2D eigenvalue weighted by Crippen LogP contribution is 2.38. The van der Waals surface area contributed by atoms with Gasteiger partial charge in [-0.2, -0.15) is 5.10 Å². The van der Waals surface area contributed by atoms with Crippen molar-refractivity contribution in [2.45, 2.75) is 27.7 Å². The first-order valence-electron chi connectivity index (χ1n) is 8.74. The zero-order chi connectivity index (χ0) is 19.7. The predicted molar refractivity (Wildman–Crippen MR) is 109 cm³/mol. The SMILES string of the molecule is CC.Cc1cc(C)c2c(n1)sc1c(NC(=O)c3ccc(F)cc3)nn(C)c12. The van der Waals surface area contributed by atoms with Crippen LogP contribution in [0.15, 0.2) is 30.3 Å². The smallest absolute Gasteiger partial charge is 0.256 e. The van der Waals surface area contributed by atoms with Crippen LogP contribution in [-0.2, 0) is 7.05 Å². The lowest BCUT2D eigenvalue weighted by molar-refractivity contribution is 0.102. The molecular weight excluding hydrogens is 363 g/mol. The van der Waals surface area contributed by atoms with Gasteiger partial charge in [0.15, 0.2) is 5.82 Å². The molecule has 3 heterocycles. The Bertz CT molecular complexity index is 1130. The van der Waals surface area contributed by atoms with E-state index < -0.39 is 0 Å². The van der Waals surface area contributed by atoms with Crippen LogP contribution in [0.5, 0.6) is 0 Å². The molecule has 0 radical (unpaired) electrons. The quantitative estimate of drug-likeness (QED) is 0.516. The number of nitrogens with one attached hydrogen (secondary N) is 1. The topological polar surface area (TPSA) is 59.8 Å². The van der Waals surface area contributed by atoms with E-state index in [9.17, 15) is 9.18 Å². The van der Waals surface area contributed by atoms with Crippen LogP contribution in [0.4, 0.5) is 10.2 Å². The van der Waals surface area contributed by atoms with Gasteiger partial charge in [-0.15, -0.1) is 11.3 Å². The van der Waals surface area contributed by atoms with Crippen molar-refractivity contribution in [2.75, 3.05) is 5.32 Å². The van der Waals surface area contributed by atoms with Crippen LogP contribution in [0.3, 0.4) is 0 Å². The molecule has 7 heteroatoms. The second kappa shape index (κ2) is 7.44. The van der Waals surface area contributed by atoms with Gasteiger partial charge in [-0.1, -0.05) is 13.8 Å². The molecule has 0 aliphatic carbocycles. The Morgan fingerprint density at radius 1 is 1.19 bits per heavy atom. The molecule has 5 nitrogen and oxygen atoms in total. The molecule has 4 aromatic rings. The Balaban J connectivity index is 0.00000102. The van der Waals surface area contributed by atoms with Crippen LogP contribution in [0, 0.1) is 19.7 Å². The Hall–Kier alpha value is -2.80.